The maximum atomic E-state index is 14.5. The molecule has 0 bridgehead atoms. The Morgan fingerprint density at radius 1 is 1.18 bits per heavy atom. The summed E-state index contributed by atoms with van der Waals surface area (Å²) in [5.41, 5.74) is 3.53. The van der Waals surface area contributed by atoms with Crippen LogP contribution in [-0.4, -0.2) is 18.9 Å². The minimum absolute atomic E-state index is 0.145. The lowest BCUT2D eigenvalue weighted by Crippen LogP contribution is -2.16. The van der Waals surface area contributed by atoms with E-state index in [1.54, 1.807) is 17.8 Å². The van der Waals surface area contributed by atoms with Gasteiger partial charge in [0.15, 0.2) is 5.78 Å². The Bertz CT molecular complexity index is 876. The topological polar surface area (TPSA) is 29.1 Å². The van der Waals surface area contributed by atoms with Crippen LogP contribution in [0.25, 0.3) is 0 Å². The van der Waals surface area contributed by atoms with Crippen LogP contribution in [0.3, 0.4) is 0 Å². The molecule has 2 aromatic rings. The van der Waals surface area contributed by atoms with E-state index in [2.05, 4.69) is 11.4 Å². The maximum Gasteiger partial charge on any atom is 0.166 e. The lowest BCUT2D eigenvalue weighted by Gasteiger charge is -2.17. The molecule has 0 saturated carbocycles. The lowest BCUT2D eigenvalue weighted by molar-refractivity contribution is 0.0936. The summed E-state index contributed by atoms with van der Waals surface area (Å²) in [5, 5.41) is 4.17. The summed E-state index contributed by atoms with van der Waals surface area (Å²) < 4.78 is 14.5. The first-order valence-electron chi connectivity index (χ1n) is 9.70. The van der Waals surface area contributed by atoms with Crippen molar-refractivity contribution in [3.8, 4) is 0 Å². The number of ketones is 1. The average molecular weight is 420 g/mol. The summed E-state index contributed by atoms with van der Waals surface area (Å²) in [6, 6.07) is 9.03. The zero-order chi connectivity index (χ0) is 20.3. The van der Waals surface area contributed by atoms with Gasteiger partial charge in [-0.05, 0) is 66.2 Å². The number of hydrogen-bond acceptors (Lipinski definition) is 3. The van der Waals surface area contributed by atoms with Crippen LogP contribution in [-0.2, 0) is 18.6 Å². The second-order valence-electron chi connectivity index (χ2n) is 8.53. The second kappa shape index (κ2) is 8.98. The molecule has 0 spiro atoms. The van der Waals surface area contributed by atoms with Gasteiger partial charge in [-0.1, -0.05) is 44.5 Å². The third-order valence-corrected chi connectivity index (χ3v) is 6.50. The van der Waals surface area contributed by atoms with E-state index in [9.17, 15) is 9.18 Å². The number of carbonyl (C=O) groups is 1. The van der Waals surface area contributed by atoms with Crippen molar-refractivity contribution >= 4 is 29.1 Å². The number of Topliss-reactive ketones (excluding diaryl/α,β-unsaturated/α-hetero) is 1. The van der Waals surface area contributed by atoms with E-state index in [4.69, 9.17) is 11.6 Å². The van der Waals surface area contributed by atoms with Crippen molar-refractivity contribution in [3.63, 3.8) is 0 Å². The largest absolute Gasteiger partial charge is 0.316 e. The highest BCUT2D eigenvalue weighted by molar-refractivity contribution is 7.98. The molecule has 1 heterocycles. The standard InChI is InChI=1S/C23H27ClFNOS/c1-23(2,3)13-21(27)18-6-4-15(12-20(18)25)14-28-22-17-9-11-26-10-8-16(17)5-7-19(22)24/h4-7,12,26H,8-11,13-14H2,1-3H3. The van der Waals surface area contributed by atoms with Gasteiger partial charge in [0.1, 0.15) is 5.82 Å². The predicted molar refractivity (Wildman–Crippen MR) is 116 cm³/mol. The molecule has 1 aliphatic rings. The molecule has 5 heteroatoms. The molecular formula is C23H27ClFNOS. The van der Waals surface area contributed by atoms with Crippen molar-refractivity contribution in [2.75, 3.05) is 13.1 Å². The van der Waals surface area contributed by atoms with Gasteiger partial charge in [-0.15, -0.1) is 11.8 Å². The number of fused-ring (bicyclic) bond motifs is 1. The number of thioether (sulfide) groups is 1. The quantitative estimate of drug-likeness (QED) is 0.470. The van der Waals surface area contributed by atoms with Gasteiger partial charge in [0.25, 0.3) is 0 Å². The number of carbonyl (C=O) groups excluding carboxylic acids is 1. The highest BCUT2D eigenvalue weighted by Crippen LogP contribution is 2.36. The first-order chi connectivity index (χ1) is 13.2. The third kappa shape index (κ3) is 5.37. The molecule has 2 aromatic carbocycles. The van der Waals surface area contributed by atoms with Gasteiger partial charge in [0.05, 0.1) is 10.6 Å². The van der Waals surface area contributed by atoms with Crippen LogP contribution >= 0.6 is 23.4 Å². The summed E-state index contributed by atoms with van der Waals surface area (Å²) in [6.07, 6.45) is 2.28. The van der Waals surface area contributed by atoms with Crippen LogP contribution in [0.4, 0.5) is 4.39 Å². The number of halogens is 2. The summed E-state index contributed by atoms with van der Waals surface area (Å²) in [6.45, 7) is 7.87. The molecule has 0 aromatic heterocycles. The summed E-state index contributed by atoms with van der Waals surface area (Å²) >= 11 is 8.13. The summed E-state index contributed by atoms with van der Waals surface area (Å²) in [5.74, 6) is 0.0384. The van der Waals surface area contributed by atoms with E-state index in [1.807, 2.05) is 32.9 Å². The molecule has 1 N–H and O–H groups in total. The molecule has 150 valence electrons. The van der Waals surface area contributed by atoms with Gasteiger partial charge in [0.2, 0.25) is 0 Å². The monoisotopic (exact) mass is 419 g/mol. The molecule has 28 heavy (non-hydrogen) atoms. The Morgan fingerprint density at radius 3 is 2.64 bits per heavy atom. The fourth-order valence-corrected chi connectivity index (χ4v) is 4.92. The highest BCUT2D eigenvalue weighted by Gasteiger charge is 2.20. The summed E-state index contributed by atoms with van der Waals surface area (Å²) in [7, 11) is 0. The Balaban J connectivity index is 1.75. The van der Waals surface area contributed by atoms with Crippen LogP contribution in [0.2, 0.25) is 5.02 Å². The summed E-state index contributed by atoms with van der Waals surface area (Å²) in [4.78, 5) is 13.4. The zero-order valence-electron chi connectivity index (χ0n) is 16.7. The van der Waals surface area contributed by atoms with Crippen LogP contribution in [0, 0.1) is 11.2 Å². The molecule has 0 aliphatic carbocycles. The molecule has 0 radical (unpaired) electrons. The fourth-order valence-electron chi connectivity index (χ4n) is 3.47. The Hall–Kier alpha value is -1.36. The number of benzene rings is 2. The molecule has 0 atom stereocenters. The average Bonchev–Trinajstić information content (AvgIpc) is 2.85. The van der Waals surface area contributed by atoms with Crippen LogP contribution in [0.5, 0.6) is 0 Å². The Kier molecular flexibility index (Phi) is 6.85. The normalized spacial score (nSPS) is 14.5. The number of rotatable bonds is 5. The van der Waals surface area contributed by atoms with Gasteiger partial charge in [-0.25, -0.2) is 4.39 Å². The van der Waals surface area contributed by atoms with Crippen molar-refractivity contribution in [2.24, 2.45) is 5.41 Å². The lowest BCUT2D eigenvalue weighted by atomic mass is 9.87. The van der Waals surface area contributed by atoms with Gasteiger partial charge in [-0.3, -0.25) is 4.79 Å². The Morgan fingerprint density at radius 2 is 1.93 bits per heavy atom. The third-order valence-electron chi connectivity index (χ3n) is 4.84. The Labute approximate surface area is 176 Å². The molecule has 1 aliphatic heterocycles. The van der Waals surface area contributed by atoms with E-state index in [0.29, 0.717) is 12.2 Å². The number of hydrogen-bond donors (Lipinski definition) is 1. The molecule has 0 saturated heterocycles. The molecule has 2 nitrogen and oxygen atoms in total. The first kappa shape index (κ1) is 21.4. The van der Waals surface area contributed by atoms with Crippen molar-refractivity contribution < 1.29 is 9.18 Å². The minimum atomic E-state index is -0.436. The first-order valence-corrected chi connectivity index (χ1v) is 11.1. The van der Waals surface area contributed by atoms with Crippen molar-refractivity contribution in [1.29, 1.82) is 0 Å². The van der Waals surface area contributed by atoms with Gasteiger partial charge in [-0.2, -0.15) is 0 Å². The zero-order valence-corrected chi connectivity index (χ0v) is 18.3. The number of nitrogens with one attached hydrogen (secondary N) is 1. The SMILES string of the molecule is CC(C)(C)CC(=O)c1ccc(CSc2c(Cl)ccc3c2CCNCC3)cc1F. The highest BCUT2D eigenvalue weighted by atomic mass is 35.5. The molecule has 0 amide bonds. The second-order valence-corrected chi connectivity index (χ2v) is 9.92. The van der Waals surface area contributed by atoms with Crippen LogP contribution in [0.1, 0.15) is 54.2 Å². The molecule has 0 unspecified atom stereocenters. The minimum Gasteiger partial charge on any atom is -0.316 e. The van der Waals surface area contributed by atoms with E-state index in [1.165, 1.54) is 17.2 Å². The van der Waals surface area contributed by atoms with Gasteiger partial charge >= 0.3 is 0 Å². The van der Waals surface area contributed by atoms with E-state index >= 15 is 0 Å². The van der Waals surface area contributed by atoms with Gasteiger partial charge in [0, 0.05) is 17.1 Å². The maximum absolute atomic E-state index is 14.5. The van der Waals surface area contributed by atoms with Gasteiger partial charge < -0.3 is 5.32 Å². The molecular weight excluding hydrogens is 393 g/mol. The van der Waals surface area contributed by atoms with E-state index in [-0.39, 0.29) is 16.8 Å². The molecule has 0 fully saturated rings. The van der Waals surface area contributed by atoms with Crippen LogP contribution < -0.4 is 5.32 Å². The predicted octanol–water partition coefficient (Wildman–Crippen LogP) is 6.08. The van der Waals surface area contributed by atoms with Crippen molar-refractivity contribution in [1.82, 2.24) is 5.32 Å². The molecule has 3 rings (SSSR count). The van der Waals surface area contributed by atoms with E-state index < -0.39 is 5.82 Å². The van der Waals surface area contributed by atoms with Crippen molar-refractivity contribution in [3.05, 3.63) is 63.4 Å². The van der Waals surface area contributed by atoms with Crippen molar-refractivity contribution in [2.45, 2.75) is 50.7 Å². The van der Waals surface area contributed by atoms with E-state index in [0.717, 1.165) is 41.4 Å². The fraction of sp³-hybridized carbons (Fsp3) is 0.435. The smallest absolute Gasteiger partial charge is 0.166 e. The van der Waals surface area contributed by atoms with Crippen LogP contribution in [0.15, 0.2) is 35.2 Å².